The molecular formula is C8H12Br2O2S. The van der Waals surface area contributed by atoms with Gasteiger partial charge in [-0.15, -0.1) is 0 Å². The van der Waals surface area contributed by atoms with E-state index in [-0.39, 0.29) is 15.3 Å². The second-order valence-corrected chi connectivity index (χ2v) is 8.55. The fourth-order valence-corrected chi connectivity index (χ4v) is 7.02. The van der Waals surface area contributed by atoms with E-state index in [0.29, 0.717) is 4.83 Å². The lowest BCUT2D eigenvalue weighted by atomic mass is 10.0. The van der Waals surface area contributed by atoms with Crippen LogP contribution in [0.15, 0.2) is 0 Å². The first-order valence-corrected chi connectivity index (χ1v) is 7.98. The predicted octanol–water partition coefficient (Wildman–Crippen LogP) is 2.25. The smallest absolute Gasteiger partial charge is 0.157 e. The van der Waals surface area contributed by atoms with Gasteiger partial charge in [-0.3, -0.25) is 0 Å². The first-order chi connectivity index (χ1) is 6.03. The Hall–Kier alpha value is 0.910. The average molecular weight is 332 g/mol. The Labute approximate surface area is 95.6 Å². The number of fused-ring (bicyclic) bond motifs is 2. The summed E-state index contributed by atoms with van der Waals surface area (Å²) in [5.74, 6) is 0. The topological polar surface area (TPSA) is 34.1 Å². The molecular weight excluding hydrogens is 320 g/mol. The highest BCUT2D eigenvalue weighted by molar-refractivity contribution is 9.12. The summed E-state index contributed by atoms with van der Waals surface area (Å²) in [6, 6.07) is 0. The Balaban J connectivity index is 2.37. The molecule has 4 atom stereocenters. The number of hydrogen-bond acceptors (Lipinski definition) is 2. The quantitative estimate of drug-likeness (QED) is 0.638. The molecule has 2 heterocycles. The van der Waals surface area contributed by atoms with E-state index in [1.54, 1.807) is 0 Å². The van der Waals surface area contributed by atoms with E-state index >= 15 is 0 Å². The van der Waals surface area contributed by atoms with Crippen molar-refractivity contribution in [2.24, 2.45) is 0 Å². The Morgan fingerprint density at radius 3 is 2.31 bits per heavy atom. The van der Waals surface area contributed by atoms with Crippen molar-refractivity contribution in [2.45, 2.75) is 45.8 Å². The molecule has 0 aliphatic carbocycles. The minimum absolute atomic E-state index is 0.0555. The zero-order valence-corrected chi connectivity index (χ0v) is 11.1. The zero-order valence-electron chi connectivity index (χ0n) is 7.12. The highest BCUT2D eigenvalue weighted by Crippen LogP contribution is 2.41. The first kappa shape index (κ1) is 10.4. The largest absolute Gasteiger partial charge is 0.228 e. The molecule has 4 unspecified atom stereocenters. The fraction of sp³-hybridized carbons (Fsp3) is 1.00. The van der Waals surface area contributed by atoms with Crippen LogP contribution in [0.5, 0.6) is 0 Å². The molecule has 5 heteroatoms. The number of alkyl halides is 2. The minimum Gasteiger partial charge on any atom is -0.228 e. The van der Waals surface area contributed by atoms with Crippen molar-refractivity contribution in [3.8, 4) is 0 Å². The summed E-state index contributed by atoms with van der Waals surface area (Å²) >= 11 is 7.05. The second-order valence-electron chi connectivity index (χ2n) is 3.86. The number of halogens is 2. The van der Waals surface area contributed by atoms with E-state index in [4.69, 9.17) is 0 Å². The van der Waals surface area contributed by atoms with Gasteiger partial charge in [0.05, 0.1) is 10.5 Å². The SMILES string of the molecule is O=S1(=O)C2CCC(Br)C(Br)C1CC2. The molecule has 2 fully saturated rings. The second kappa shape index (κ2) is 3.49. The van der Waals surface area contributed by atoms with Crippen LogP contribution in [0.2, 0.25) is 0 Å². The monoisotopic (exact) mass is 330 g/mol. The van der Waals surface area contributed by atoms with Gasteiger partial charge in [-0.1, -0.05) is 31.9 Å². The van der Waals surface area contributed by atoms with Gasteiger partial charge in [0.25, 0.3) is 0 Å². The van der Waals surface area contributed by atoms with E-state index in [9.17, 15) is 8.42 Å². The van der Waals surface area contributed by atoms with Crippen LogP contribution < -0.4 is 0 Å². The van der Waals surface area contributed by atoms with Crippen LogP contribution >= 0.6 is 31.9 Å². The standard InChI is InChI=1S/C8H12Br2O2S/c9-6-3-1-5-2-4-7(8(6)10)13(5,11)12/h5-8H,1-4H2. The van der Waals surface area contributed by atoms with Gasteiger partial charge < -0.3 is 0 Å². The molecule has 2 saturated heterocycles. The van der Waals surface area contributed by atoms with E-state index in [1.807, 2.05) is 0 Å². The van der Waals surface area contributed by atoms with Gasteiger partial charge in [-0.25, -0.2) is 8.42 Å². The Morgan fingerprint density at radius 2 is 1.62 bits per heavy atom. The van der Waals surface area contributed by atoms with Gasteiger partial charge in [0.1, 0.15) is 0 Å². The maximum atomic E-state index is 11.9. The minimum atomic E-state index is -2.82. The Morgan fingerprint density at radius 1 is 1.00 bits per heavy atom. The van der Waals surface area contributed by atoms with Crippen molar-refractivity contribution >= 4 is 41.7 Å². The van der Waals surface area contributed by atoms with Crippen molar-refractivity contribution in [3.63, 3.8) is 0 Å². The van der Waals surface area contributed by atoms with Gasteiger partial charge in [0.15, 0.2) is 9.84 Å². The lowest BCUT2D eigenvalue weighted by Crippen LogP contribution is -2.31. The molecule has 0 radical (unpaired) electrons. The van der Waals surface area contributed by atoms with Crippen LogP contribution in [-0.4, -0.2) is 28.6 Å². The predicted molar refractivity (Wildman–Crippen MR) is 60.4 cm³/mol. The highest BCUT2D eigenvalue weighted by atomic mass is 79.9. The number of sulfone groups is 1. The van der Waals surface area contributed by atoms with Crippen LogP contribution in [-0.2, 0) is 9.84 Å². The summed E-state index contributed by atoms with van der Waals surface area (Å²) in [6.07, 6.45) is 3.51. The Bertz CT molecular complexity index is 301. The molecule has 0 aromatic rings. The lowest BCUT2D eigenvalue weighted by molar-refractivity contribution is 0.579. The van der Waals surface area contributed by atoms with Crippen LogP contribution in [0.1, 0.15) is 25.7 Å². The number of rotatable bonds is 0. The molecule has 0 aromatic carbocycles. The molecule has 0 aromatic heterocycles. The molecule has 2 bridgehead atoms. The molecule has 13 heavy (non-hydrogen) atoms. The third-order valence-corrected chi connectivity index (χ3v) is 9.26. The summed E-state index contributed by atoms with van der Waals surface area (Å²) < 4.78 is 23.8. The molecule has 2 rings (SSSR count). The summed E-state index contributed by atoms with van der Waals surface area (Å²) in [4.78, 5) is 0.419. The van der Waals surface area contributed by atoms with Crippen molar-refractivity contribution in [1.82, 2.24) is 0 Å². The van der Waals surface area contributed by atoms with Crippen LogP contribution in [0.4, 0.5) is 0 Å². The van der Waals surface area contributed by atoms with Crippen LogP contribution in [0.3, 0.4) is 0 Å². The number of hydrogen-bond donors (Lipinski definition) is 0. The first-order valence-electron chi connectivity index (χ1n) is 4.54. The van der Waals surface area contributed by atoms with Gasteiger partial charge in [0.2, 0.25) is 0 Å². The molecule has 0 N–H and O–H groups in total. The molecule has 0 amide bonds. The van der Waals surface area contributed by atoms with Gasteiger partial charge in [0, 0.05) is 9.65 Å². The van der Waals surface area contributed by atoms with Crippen molar-refractivity contribution < 1.29 is 8.42 Å². The Kier molecular flexibility index (Phi) is 2.80. The molecule has 2 nitrogen and oxygen atoms in total. The summed E-state index contributed by atoms with van der Waals surface area (Å²) in [5, 5.41) is -0.204. The zero-order chi connectivity index (χ0) is 9.64. The lowest BCUT2D eigenvalue weighted by Gasteiger charge is -2.19. The van der Waals surface area contributed by atoms with E-state index in [0.717, 1.165) is 25.7 Å². The maximum Gasteiger partial charge on any atom is 0.157 e. The third kappa shape index (κ3) is 1.61. The normalized spacial score (nSPS) is 48.8. The fourth-order valence-electron chi connectivity index (χ4n) is 2.31. The molecule has 2 aliphatic heterocycles. The third-order valence-electron chi connectivity index (χ3n) is 3.12. The van der Waals surface area contributed by atoms with Gasteiger partial charge in [-0.2, -0.15) is 0 Å². The van der Waals surface area contributed by atoms with Gasteiger partial charge in [-0.05, 0) is 25.7 Å². The van der Waals surface area contributed by atoms with Crippen LogP contribution in [0, 0.1) is 0 Å². The van der Waals surface area contributed by atoms with E-state index in [1.165, 1.54) is 0 Å². The molecule has 0 spiro atoms. The van der Waals surface area contributed by atoms with Crippen molar-refractivity contribution in [1.29, 1.82) is 0 Å². The molecule has 76 valence electrons. The average Bonchev–Trinajstić information content (AvgIpc) is 2.30. The van der Waals surface area contributed by atoms with Crippen molar-refractivity contribution in [3.05, 3.63) is 0 Å². The van der Waals surface area contributed by atoms with Gasteiger partial charge >= 0.3 is 0 Å². The van der Waals surface area contributed by atoms with E-state index < -0.39 is 9.84 Å². The summed E-state index contributed by atoms with van der Waals surface area (Å²) in [6.45, 7) is 0. The van der Waals surface area contributed by atoms with Crippen LogP contribution in [0.25, 0.3) is 0 Å². The van der Waals surface area contributed by atoms with E-state index in [2.05, 4.69) is 31.9 Å². The highest BCUT2D eigenvalue weighted by Gasteiger charge is 2.48. The molecule has 2 aliphatic rings. The summed E-state index contributed by atoms with van der Waals surface area (Å²) in [5.41, 5.74) is 0. The maximum absolute atomic E-state index is 11.9. The molecule has 0 saturated carbocycles. The van der Waals surface area contributed by atoms with Crippen molar-refractivity contribution in [2.75, 3.05) is 0 Å². The summed E-state index contributed by atoms with van der Waals surface area (Å²) in [7, 11) is -2.82.